The normalized spacial score (nSPS) is 13.0. The summed E-state index contributed by atoms with van der Waals surface area (Å²) in [7, 11) is 0. The average Bonchev–Trinajstić information content (AvgIpc) is 2.37. The Labute approximate surface area is 125 Å². The first-order valence-corrected chi connectivity index (χ1v) is 7.08. The molecule has 5 nitrogen and oxygen atoms in total. The van der Waals surface area contributed by atoms with Crippen molar-refractivity contribution < 1.29 is 4.79 Å². The molecule has 0 saturated carbocycles. The molecule has 1 atom stereocenters. The number of fused-ring (bicyclic) bond motifs is 1. The Morgan fingerprint density at radius 1 is 1.14 bits per heavy atom. The predicted octanol–water partition coefficient (Wildman–Crippen LogP) is 2.65. The molecular weight excluding hydrogens is 264 g/mol. The van der Waals surface area contributed by atoms with Gasteiger partial charge in [0.2, 0.25) is 5.91 Å². The lowest BCUT2D eigenvalue weighted by Crippen LogP contribution is -2.47. The van der Waals surface area contributed by atoms with E-state index in [4.69, 9.17) is 0 Å². The summed E-state index contributed by atoms with van der Waals surface area (Å²) >= 11 is 0. The number of aryl methyl sites for hydroxylation is 1. The first-order chi connectivity index (χ1) is 9.76. The number of benzene rings is 1. The largest absolute Gasteiger partial charge is 0.357 e. The maximum atomic E-state index is 12.1. The number of amides is 1. The zero-order chi connectivity index (χ0) is 15.6. The van der Waals surface area contributed by atoms with Crippen molar-refractivity contribution >= 4 is 22.8 Å². The summed E-state index contributed by atoms with van der Waals surface area (Å²) < 4.78 is 0. The van der Waals surface area contributed by atoms with Gasteiger partial charge in [-0.05, 0) is 46.8 Å². The van der Waals surface area contributed by atoms with Crippen molar-refractivity contribution in [3.8, 4) is 0 Å². The molecule has 1 heterocycles. The molecule has 0 spiro atoms. The van der Waals surface area contributed by atoms with E-state index in [1.807, 2.05) is 58.9 Å². The van der Waals surface area contributed by atoms with Crippen LogP contribution < -0.4 is 10.6 Å². The van der Waals surface area contributed by atoms with Gasteiger partial charge in [-0.15, -0.1) is 0 Å². The second-order valence-electron chi connectivity index (χ2n) is 6.25. The van der Waals surface area contributed by atoms with E-state index in [0.717, 1.165) is 16.7 Å². The fourth-order valence-corrected chi connectivity index (χ4v) is 1.97. The summed E-state index contributed by atoms with van der Waals surface area (Å²) in [6.07, 6.45) is 0. The fraction of sp³-hybridized carbons (Fsp3) is 0.438. The Morgan fingerprint density at radius 3 is 2.29 bits per heavy atom. The van der Waals surface area contributed by atoms with E-state index in [0.29, 0.717) is 5.82 Å². The standard InChI is InChI=1S/C16H22N4O/c1-10-14(18-11(2)15(21)20-16(3,4)5)19-13-9-7-6-8-12(13)17-10/h6-9,11H,1-5H3,(H,18,19)(H,20,21). The van der Waals surface area contributed by atoms with Gasteiger partial charge < -0.3 is 10.6 Å². The highest BCUT2D eigenvalue weighted by molar-refractivity contribution is 5.85. The van der Waals surface area contributed by atoms with Gasteiger partial charge in [0.15, 0.2) is 0 Å². The molecule has 2 aromatic rings. The van der Waals surface area contributed by atoms with Crippen LogP contribution in [-0.4, -0.2) is 27.5 Å². The van der Waals surface area contributed by atoms with E-state index in [-0.39, 0.29) is 17.5 Å². The first kappa shape index (κ1) is 15.2. The predicted molar refractivity (Wildman–Crippen MR) is 85.3 cm³/mol. The summed E-state index contributed by atoms with van der Waals surface area (Å²) in [5.74, 6) is 0.585. The summed E-state index contributed by atoms with van der Waals surface area (Å²) in [5, 5.41) is 6.09. The van der Waals surface area contributed by atoms with Crippen LogP contribution in [0.3, 0.4) is 0 Å². The van der Waals surface area contributed by atoms with Crippen molar-refractivity contribution in [2.75, 3.05) is 5.32 Å². The van der Waals surface area contributed by atoms with Crippen LogP contribution in [0.25, 0.3) is 11.0 Å². The van der Waals surface area contributed by atoms with Crippen LogP contribution in [0.4, 0.5) is 5.82 Å². The Morgan fingerprint density at radius 2 is 1.71 bits per heavy atom. The van der Waals surface area contributed by atoms with Crippen LogP contribution in [-0.2, 0) is 4.79 Å². The molecule has 1 aromatic carbocycles. The van der Waals surface area contributed by atoms with Crippen LogP contribution in [0.2, 0.25) is 0 Å². The molecule has 5 heteroatoms. The second-order valence-corrected chi connectivity index (χ2v) is 6.25. The minimum atomic E-state index is -0.376. The number of nitrogens with zero attached hydrogens (tertiary/aromatic N) is 2. The molecule has 1 aromatic heterocycles. The molecule has 0 fully saturated rings. The Bertz CT molecular complexity index is 661. The van der Waals surface area contributed by atoms with Gasteiger partial charge in [-0.1, -0.05) is 12.1 Å². The van der Waals surface area contributed by atoms with Gasteiger partial charge in [0.1, 0.15) is 11.9 Å². The van der Waals surface area contributed by atoms with Crippen LogP contribution in [0.15, 0.2) is 24.3 Å². The van der Waals surface area contributed by atoms with Crippen molar-refractivity contribution in [3.05, 3.63) is 30.0 Å². The van der Waals surface area contributed by atoms with Crippen LogP contribution in [0, 0.1) is 6.92 Å². The lowest BCUT2D eigenvalue weighted by atomic mass is 10.1. The van der Waals surface area contributed by atoms with Gasteiger partial charge in [-0.3, -0.25) is 4.79 Å². The maximum Gasteiger partial charge on any atom is 0.242 e. The second kappa shape index (κ2) is 5.68. The third-order valence-corrected chi connectivity index (χ3v) is 2.99. The highest BCUT2D eigenvalue weighted by Gasteiger charge is 2.20. The van der Waals surface area contributed by atoms with Gasteiger partial charge >= 0.3 is 0 Å². The van der Waals surface area contributed by atoms with Gasteiger partial charge in [0, 0.05) is 5.54 Å². The molecule has 0 aliphatic rings. The third kappa shape index (κ3) is 3.90. The van der Waals surface area contributed by atoms with Crippen LogP contribution >= 0.6 is 0 Å². The van der Waals surface area contributed by atoms with Gasteiger partial charge in [0.05, 0.1) is 16.7 Å². The molecule has 112 valence electrons. The summed E-state index contributed by atoms with van der Waals surface area (Å²) in [4.78, 5) is 21.2. The minimum absolute atomic E-state index is 0.0585. The van der Waals surface area contributed by atoms with Crippen molar-refractivity contribution in [3.63, 3.8) is 0 Å². The number of hydrogen-bond donors (Lipinski definition) is 2. The van der Waals surface area contributed by atoms with Crippen molar-refractivity contribution in [1.82, 2.24) is 15.3 Å². The zero-order valence-corrected chi connectivity index (χ0v) is 13.2. The lowest BCUT2D eigenvalue weighted by molar-refractivity contribution is -0.122. The lowest BCUT2D eigenvalue weighted by Gasteiger charge is -2.24. The first-order valence-electron chi connectivity index (χ1n) is 7.08. The van der Waals surface area contributed by atoms with E-state index >= 15 is 0 Å². The van der Waals surface area contributed by atoms with Gasteiger partial charge in [-0.25, -0.2) is 9.97 Å². The third-order valence-electron chi connectivity index (χ3n) is 2.99. The number of aromatic nitrogens is 2. The number of carbonyl (C=O) groups is 1. The smallest absolute Gasteiger partial charge is 0.242 e. The molecule has 1 amide bonds. The van der Waals surface area contributed by atoms with E-state index in [1.54, 1.807) is 0 Å². The minimum Gasteiger partial charge on any atom is -0.357 e. The highest BCUT2D eigenvalue weighted by Crippen LogP contribution is 2.16. The number of rotatable bonds is 3. The maximum absolute atomic E-state index is 12.1. The molecular formula is C16H22N4O. The summed E-state index contributed by atoms with van der Waals surface area (Å²) in [5.41, 5.74) is 2.20. The Hall–Kier alpha value is -2.17. The van der Waals surface area contributed by atoms with E-state index in [9.17, 15) is 4.79 Å². The molecule has 0 saturated heterocycles. The quantitative estimate of drug-likeness (QED) is 0.910. The molecule has 21 heavy (non-hydrogen) atoms. The topological polar surface area (TPSA) is 66.9 Å². The Kier molecular flexibility index (Phi) is 4.11. The van der Waals surface area contributed by atoms with E-state index in [1.165, 1.54) is 0 Å². The molecule has 0 bridgehead atoms. The number of nitrogens with one attached hydrogen (secondary N) is 2. The number of anilines is 1. The number of para-hydroxylation sites is 2. The molecule has 1 unspecified atom stereocenters. The monoisotopic (exact) mass is 286 g/mol. The molecule has 0 radical (unpaired) electrons. The summed E-state index contributed by atoms with van der Waals surface area (Å²) in [6.45, 7) is 9.57. The molecule has 0 aliphatic carbocycles. The molecule has 2 rings (SSSR count). The van der Waals surface area contributed by atoms with Gasteiger partial charge in [-0.2, -0.15) is 0 Å². The highest BCUT2D eigenvalue weighted by atomic mass is 16.2. The van der Waals surface area contributed by atoms with E-state index < -0.39 is 0 Å². The van der Waals surface area contributed by atoms with Crippen molar-refractivity contribution in [2.45, 2.75) is 46.2 Å². The van der Waals surface area contributed by atoms with E-state index in [2.05, 4.69) is 20.6 Å². The van der Waals surface area contributed by atoms with Crippen LogP contribution in [0.1, 0.15) is 33.4 Å². The van der Waals surface area contributed by atoms with Crippen molar-refractivity contribution in [1.29, 1.82) is 0 Å². The number of hydrogen-bond acceptors (Lipinski definition) is 4. The summed E-state index contributed by atoms with van der Waals surface area (Å²) in [6, 6.07) is 7.31. The zero-order valence-electron chi connectivity index (χ0n) is 13.2. The average molecular weight is 286 g/mol. The SMILES string of the molecule is Cc1nc2ccccc2nc1NC(C)C(=O)NC(C)(C)C. The van der Waals surface area contributed by atoms with Crippen LogP contribution in [0.5, 0.6) is 0 Å². The Balaban J connectivity index is 2.19. The molecule has 0 aliphatic heterocycles. The van der Waals surface area contributed by atoms with Gasteiger partial charge in [0.25, 0.3) is 0 Å². The fourth-order valence-electron chi connectivity index (χ4n) is 1.97. The van der Waals surface area contributed by atoms with Crippen molar-refractivity contribution in [2.24, 2.45) is 0 Å². The molecule has 2 N–H and O–H groups in total. The number of carbonyl (C=O) groups excluding carboxylic acids is 1.